The van der Waals surface area contributed by atoms with E-state index in [0.717, 1.165) is 40.8 Å². The van der Waals surface area contributed by atoms with Gasteiger partial charge in [0.1, 0.15) is 11.9 Å². The van der Waals surface area contributed by atoms with Gasteiger partial charge in [0.25, 0.3) is 5.91 Å². The van der Waals surface area contributed by atoms with Crippen LogP contribution in [0.4, 0.5) is 0 Å². The summed E-state index contributed by atoms with van der Waals surface area (Å²) in [5.74, 6) is 1.39. The summed E-state index contributed by atoms with van der Waals surface area (Å²) >= 11 is 1.69. The van der Waals surface area contributed by atoms with E-state index in [1.165, 1.54) is 44.1 Å². The molecule has 3 aliphatic rings. The summed E-state index contributed by atoms with van der Waals surface area (Å²) in [4.78, 5) is 16.0. The van der Waals surface area contributed by atoms with Crippen LogP contribution in [-0.2, 0) is 0 Å². The van der Waals surface area contributed by atoms with Crippen LogP contribution in [0.2, 0.25) is 0 Å². The van der Waals surface area contributed by atoms with Crippen LogP contribution in [0.5, 0.6) is 5.75 Å². The molecule has 1 saturated carbocycles. The standard InChI is InChI=1S/C32H36N4O2S/c1-36-24-9-10-25(36)18-27(17-24)38-26-11-6-21(7-12-26)31-28-16-22(8-13-29(28)34-35-31)32(37)33-30(20-4-2-3-5-20)23-14-15-39-19-23/h6-8,11-16,19-20,24-25,27,30H,2-5,9-10,17-18H2,1H3,(H,33,37)(H,34,35)/t24-,25+,27?,30-/m1/s1. The van der Waals surface area contributed by atoms with Gasteiger partial charge in [-0.2, -0.15) is 16.4 Å². The molecule has 7 rings (SSSR count). The summed E-state index contributed by atoms with van der Waals surface area (Å²) in [5.41, 5.74) is 4.68. The minimum absolute atomic E-state index is 0.0250. The van der Waals surface area contributed by atoms with Crippen molar-refractivity contribution in [3.05, 3.63) is 70.4 Å². The molecule has 0 spiro atoms. The summed E-state index contributed by atoms with van der Waals surface area (Å²) in [6.07, 6.45) is 9.93. The third kappa shape index (κ3) is 4.87. The lowest BCUT2D eigenvalue weighted by Crippen LogP contribution is -2.43. The first-order valence-corrected chi connectivity index (χ1v) is 15.4. The highest BCUT2D eigenvalue weighted by molar-refractivity contribution is 7.08. The Morgan fingerprint density at radius 2 is 1.82 bits per heavy atom. The number of nitrogens with one attached hydrogen (secondary N) is 2. The quantitative estimate of drug-likeness (QED) is 0.266. The van der Waals surface area contributed by atoms with Crippen molar-refractivity contribution in [2.24, 2.45) is 5.92 Å². The highest BCUT2D eigenvalue weighted by atomic mass is 32.1. The molecule has 1 aliphatic carbocycles. The van der Waals surface area contributed by atoms with Crippen molar-refractivity contribution in [1.29, 1.82) is 0 Å². The van der Waals surface area contributed by atoms with Gasteiger partial charge in [0.05, 0.1) is 17.3 Å². The molecule has 2 aromatic carbocycles. The average Bonchev–Trinajstić information content (AvgIpc) is 3.76. The zero-order valence-electron chi connectivity index (χ0n) is 22.4. The number of piperidine rings is 1. The van der Waals surface area contributed by atoms with Crippen molar-refractivity contribution in [3.8, 4) is 17.0 Å². The van der Waals surface area contributed by atoms with Gasteiger partial charge < -0.3 is 15.0 Å². The number of hydrogen-bond acceptors (Lipinski definition) is 5. The molecule has 2 aliphatic heterocycles. The van der Waals surface area contributed by atoms with E-state index in [1.807, 2.05) is 18.2 Å². The second-order valence-electron chi connectivity index (χ2n) is 11.7. The number of hydrogen-bond donors (Lipinski definition) is 2. The van der Waals surface area contributed by atoms with Crippen LogP contribution in [-0.4, -0.2) is 46.2 Å². The predicted octanol–water partition coefficient (Wildman–Crippen LogP) is 6.96. The van der Waals surface area contributed by atoms with Crippen molar-refractivity contribution in [3.63, 3.8) is 0 Å². The Bertz CT molecular complexity index is 1430. The molecule has 202 valence electrons. The van der Waals surface area contributed by atoms with Crippen LogP contribution >= 0.6 is 11.3 Å². The number of nitrogens with zero attached hydrogens (tertiary/aromatic N) is 2. The van der Waals surface area contributed by atoms with Gasteiger partial charge in [0, 0.05) is 28.6 Å². The Morgan fingerprint density at radius 1 is 1.05 bits per heavy atom. The molecule has 4 aromatic rings. The molecule has 6 nitrogen and oxygen atoms in total. The Hall–Kier alpha value is -3.16. The van der Waals surface area contributed by atoms with E-state index in [0.29, 0.717) is 29.7 Å². The third-order valence-corrected chi connectivity index (χ3v) is 10.1. The lowest BCUT2D eigenvalue weighted by atomic mass is 9.93. The molecule has 39 heavy (non-hydrogen) atoms. The molecular formula is C32H36N4O2S. The minimum Gasteiger partial charge on any atom is -0.490 e. The zero-order chi connectivity index (χ0) is 26.3. The van der Waals surface area contributed by atoms with Crippen molar-refractivity contribution >= 4 is 28.1 Å². The van der Waals surface area contributed by atoms with Crippen molar-refractivity contribution in [1.82, 2.24) is 20.4 Å². The number of aromatic nitrogens is 2. The van der Waals surface area contributed by atoms with Gasteiger partial charge in [-0.1, -0.05) is 12.8 Å². The maximum Gasteiger partial charge on any atom is 0.251 e. The number of amides is 1. The minimum atomic E-state index is -0.0250. The fraction of sp³-hybridized carbons (Fsp3) is 0.438. The number of fused-ring (bicyclic) bond motifs is 3. The number of rotatable bonds is 7. The molecule has 3 fully saturated rings. The average molecular weight is 541 g/mol. The van der Waals surface area contributed by atoms with E-state index in [9.17, 15) is 4.79 Å². The number of carbonyl (C=O) groups excluding carboxylic acids is 1. The third-order valence-electron chi connectivity index (χ3n) is 9.37. The Kier molecular flexibility index (Phi) is 6.65. The number of benzene rings is 2. The molecule has 2 N–H and O–H groups in total. The second-order valence-corrected chi connectivity index (χ2v) is 12.5. The summed E-state index contributed by atoms with van der Waals surface area (Å²) in [6, 6.07) is 17.6. The topological polar surface area (TPSA) is 70.2 Å². The fourth-order valence-corrected chi connectivity index (χ4v) is 7.85. The monoisotopic (exact) mass is 540 g/mol. The molecule has 7 heteroatoms. The number of ether oxygens (including phenoxy) is 1. The summed E-state index contributed by atoms with van der Waals surface area (Å²) in [6.45, 7) is 0. The molecule has 2 aromatic heterocycles. The molecular weight excluding hydrogens is 504 g/mol. The van der Waals surface area contributed by atoms with Crippen molar-refractivity contribution in [2.75, 3.05) is 7.05 Å². The van der Waals surface area contributed by atoms with Gasteiger partial charge >= 0.3 is 0 Å². The first-order valence-electron chi connectivity index (χ1n) is 14.4. The molecule has 0 radical (unpaired) electrons. The van der Waals surface area contributed by atoms with Gasteiger partial charge in [-0.15, -0.1) is 0 Å². The van der Waals surface area contributed by atoms with Gasteiger partial charge in [0.15, 0.2) is 0 Å². The summed E-state index contributed by atoms with van der Waals surface area (Å²) in [7, 11) is 2.26. The highest BCUT2D eigenvalue weighted by Crippen LogP contribution is 2.38. The number of thiophene rings is 1. The van der Waals surface area contributed by atoms with Gasteiger partial charge in [-0.3, -0.25) is 9.89 Å². The lowest BCUT2D eigenvalue weighted by molar-refractivity contribution is 0.0662. The van der Waals surface area contributed by atoms with Crippen LogP contribution in [0.1, 0.15) is 73.3 Å². The van der Waals surface area contributed by atoms with Crippen LogP contribution < -0.4 is 10.1 Å². The van der Waals surface area contributed by atoms with E-state index >= 15 is 0 Å². The van der Waals surface area contributed by atoms with Crippen LogP contribution in [0, 0.1) is 5.92 Å². The molecule has 4 heterocycles. The van der Waals surface area contributed by atoms with E-state index < -0.39 is 0 Å². The number of aromatic amines is 1. The van der Waals surface area contributed by atoms with Crippen LogP contribution in [0.25, 0.3) is 22.2 Å². The Morgan fingerprint density at radius 3 is 2.54 bits per heavy atom. The first kappa shape index (κ1) is 24.9. The van der Waals surface area contributed by atoms with Crippen molar-refractivity contribution in [2.45, 2.75) is 75.6 Å². The van der Waals surface area contributed by atoms with E-state index in [2.05, 4.69) is 68.6 Å². The number of H-pyrrole nitrogens is 1. The largest absolute Gasteiger partial charge is 0.490 e. The summed E-state index contributed by atoms with van der Waals surface area (Å²) < 4.78 is 6.40. The molecule has 1 amide bonds. The normalized spacial score (nSPS) is 24.3. The highest BCUT2D eigenvalue weighted by Gasteiger charge is 2.39. The smallest absolute Gasteiger partial charge is 0.251 e. The molecule has 2 saturated heterocycles. The second kappa shape index (κ2) is 10.4. The van der Waals surface area contributed by atoms with Crippen molar-refractivity contribution < 1.29 is 9.53 Å². The van der Waals surface area contributed by atoms with E-state index in [-0.39, 0.29) is 11.9 Å². The van der Waals surface area contributed by atoms with E-state index in [4.69, 9.17) is 4.74 Å². The summed E-state index contributed by atoms with van der Waals surface area (Å²) in [5, 5.41) is 16.4. The first-order chi connectivity index (χ1) is 19.1. The van der Waals surface area contributed by atoms with E-state index in [1.54, 1.807) is 11.3 Å². The van der Waals surface area contributed by atoms with Gasteiger partial charge in [-0.05, 0) is 116 Å². The molecule has 2 bridgehead atoms. The lowest BCUT2D eigenvalue weighted by Gasteiger charge is -2.36. The zero-order valence-corrected chi connectivity index (χ0v) is 23.3. The SMILES string of the molecule is CN1[C@@H]2CC[C@H]1CC(Oc1ccc(-c3n[nH]c4ccc(C(=O)N[C@@H](c5ccsc5)C5CCCC5)cc34)cc1)C2. The Labute approximate surface area is 233 Å². The number of carbonyl (C=O) groups is 1. The predicted molar refractivity (Wildman–Crippen MR) is 156 cm³/mol. The maximum absolute atomic E-state index is 13.5. The van der Waals surface area contributed by atoms with Crippen LogP contribution in [0.3, 0.4) is 0 Å². The maximum atomic E-state index is 13.5. The van der Waals surface area contributed by atoms with Crippen LogP contribution in [0.15, 0.2) is 59.3 Å². The Balaban J connectivity index is 1.08. The fourth-order valence-electron chi connectivity index (χ4n) is 7.16. The van der Waals surface area contributed by atoms with Gasteiger partial charge in [0.2, 0.25) is 0 Å². The van der Waals surface area contributed by atoms with Gasteiger partial charge in [-0.25, -0.2) is 0 Å². The molecule has 1 unspecified atom stereocenters. The molecule has 4 atom stereocenters.